The Labute approximate surface area is 129 Å². The summed E-state index contributed by atoms with van der Waals surface area (Å²) in [5.41, 5.74) is 0.374. The normalized spacial score (nSPS) is 10.8. The van der Waals surface area contributed by atoms with Crippen molar-refractivity contribution < 1.29 is 4.92 Å². The number of nitro benzene ring substituents is 1. The molecule has 1 heterocycles. The third kappa shape index (κ3) is 3.64. The van der Waals surface area contributed by atoms with E-state index in [0.717, 1.165) is 12.0 Å². The molecule has 0 saturated carbocycles. The van der Waals surface area contributed by atoms with Crippen LogP contribution in [0.2, 0.25) is 5.02 Å². The summed E-state index contributed by atoms with van der Waals surface area (Å²) >= 11 is 7.11. The maximum Gasteiger partial charge on any atom is 0.343 e. The molecule has 0 spiro atoms. The number of nitrogens with one attached hydrogen (secondary N) is 1. The van der Waals surface area contributed by atoms with E-state index in [2.05, 4.69) is 10.2 Å². The van der Waals surface area contributed by atoms with Crippen molar-refractivity contribution in [1.29, 1.82) is 0 Å². The Morgan fingerprint density at radius 3 is 2.95 bits per heavy atom. The third-order valence-electron chi connectivity index (χ3n) is 2.75. The number of aromatic amines is 1. The highest BCUT2D eigenvalue weighted by Crippen LogP contribution is 2.28. The van der Waals surface area contributed by atoms with Gasteiger partial charge in [0.1, 0.15) is 5.02 Å². The predicted octanol–water partition coefficient (Wildman–Crippen LogP) is 2.84. The zero-order valence-electron chi connectivity index (χ0n) is 11.2. The van der Waals surface area contributed by atoms with Gasteiger partial charge in [-0.1, -0.05) is 36.4 Å². The molecule has 0 saturated heterocycles. The summed E-state index contributed by atoms with van der Waals surface area (Å²) in [4.78, 5) is 21.9. The second-order valence-corrected chi connectivity index (χ2v) is 5.64. The van der Waals surface area contributed by atoms with E-state index in [1.165, 1.54) is 23.9 Å². The molecule has 0 unspecified atom stereocenters. The van der Waals surface area contributed by atoms with Crippen molar-refractivity contribution in [3.05, 3.63) is 49.4 Å². The van der Waals surface area contributed by atoms with Gasteiger partial charge in [0.05, 0.1) is 4.92 Å². The smallest absolute Gasteiger partial charge is 0.270 e. The summed E-state index contributed by atoms with van der Waals surface area (Å²) in [6.45, 7) is 2.55. The van der Waals surface area contributed by atoms with E-state index in [1.807, 2.05) is 6.92 Å². The summed E-state index contributed by atoms with van der Waals surface area (Å²) in [6, 6.07) is 4.65. The van der Waals surface area contributed by atoms with E-state index in [9.17, 15) is 14.9 Å². The molecule has 21 heavy (non-hydrogen) atoms. The van der Waals surface area contributed by atoms with Crippen LogP contribution >= 0.6 is 23.4 Å². The Kier molecular flexibility index (Phi) is 5.03. The first-order valence-electron chi connectivity index (χ1n) is 6.23. The van der Waals surface area contributed by atoms with Gasteiger partial charge in [0.25, 0.3) is 5.69 Å². The van der Waals surface area contributed by atoms with Crippen molar-refractivity contribution in [3.8, 4) is 0 Å². The van der Waals surface area contributed by atoms with E-state index in [-0.39, 0.29) is 16.4 Å². The first-order valence-corrected chi connectivity index (χ1v) is 7.60. The van der Waals surface area contributed by atoms with Gasteiger partial charge in [-0.25, -0.2) is 9.89 Å². The number of thioether (sulfide) groups is 1. The van der Waals surface area contributed by atoms with Gasteiger partial charge >= 0.3 is 5.69 Å². The molecule has 0 radical (unpaired) electrons. The van der Waals surface area contributed by atoms with Gasteiger partial charge in [0.2, 0.25) is 0 Å². The largest absolute Gasteiger partial charge is 0.343 e. The number of halogens is 1. The molecule has 0 fully saturated rings. The van der Waals surface area contributed by atoms with Crippen molar-refractivity contribution in [3.63, 3.8) is 0 Å². The predicted molar refractivity (Wildman–Crippen MR) is 80.8 cm³/mol. The van der Waals surface area contributed by atoms with Crippen LogP contribution in [0.15, 0.2) is 28.2 Å². The molecule has 0 bridgehead atoms. The molecule has 0 amide bonds. The van der Waals surface area contributed by atoms with Crippen molar-refractivity contribution >= 4 is 29.1 Å². The van der Waals surface area contributed by atoms with Crippen molar-refractivity contribution in [2.45, 2.75) is 30.8 Å². The van der Waals surface area contributed by atoms with Gasteiger partial charge in [-0.2, -0.15) is 0 Å². The van der Waals surface area contributed by atoms with Gasteiger partial charge in [-0.15, -0.1) is 5.10 Å². The molecule has 1 aromatic heterocycles. The lowest BCUT2D eigenvalue weighted by Crippen LogP contribution is -2.17. The highest BCUT2D eigenvalue weighted by molar-refractivity contribution is 7.98. The van der Waals surface area contributed by atoms with Crippen molar-refractivity contribution in [2.24, 2.45) is 0 Å². The minimum absolute atomic E-state index is 0.108. The lowest BCUT2D eigenvalue weighted by molar-refractivity contribution is -0.384. The second-order valence-electron chi connectivity index (χ2n) is 4.29. The SMILES string of the molecule is CCCn1c(SCc2ccc(Cl)c([N+](=O)[O-])c2)n[nH]c1=O. The fourth-order valence-corrected chi connectivity index (χ4v) is 2.87. The molecule has 0 aliphatic carbocycles. The van der Waals surface area contributed by atoms with Crippen LogP contribution in [0.25, 0.3) is 0 Å². The van der Waals surface area contributed by atoms with Gasteiger partial charge < -0.3 is 0 Å². The van der Waals surface area contributed by atoms with E-state index in [0.29, 0.717) is 17.5 Å². The van der Waals surface area contributed by atoms with Crippen LogP contribution in [0.5, 0.6) is 0 Å². The Bertz CT molecular complexity index is 713. The molecule has 9 heteroatoms. The van der Waals surface area contributed by atoms with Crippen LogP contribution in [0.3, 0.4) is 0 Å². The molecule has 112 valence electrons. The molecule has 0 aliphatic rings. The van der Waals surface area contributed by atoms with Crippen LogP contribution in [0.4, 0.5) is 5.69 Å². The number of hydrogen-bond acceptors (Lipinski definition) is 5. The van der Waals surface area contributed by atoms with Gasteiger partial charge in [-0.05, 0) is 18.1 Å². The minimum atomic E-state index is -0.516. The average molecular weight is 329 g/mol. The van der Waals surface area contributed by atoms with Crippen LogP contribution < -0.4 is 5.69 Å². The molecular formula is C12H13ClN4O3S. The molecular weight excluding hydrogens is 316 g/mol. The average Bonchev–Trinajstić information content (AvgIpc) is 2.79. The number of aromatic nitrogens is 3. The number of benzene rings is 1. The summed E-state index contributed by atoms with van der Waals surface area (Å²) in [7, 11) is 0. The maximum absolute atomic E-state index is 11.6. The van der Waals surface area contributed by atoms with Crippen molar-refractivity contribution in [1.82, 2.24) is 14.8 Å². The monoisotopic (exact) mass is 328 g/mol. The molecule has 1 aromatic carbocycles. The van der Waals surface area contributed by atoms with Crippen LogP contribution in [-0.2, 0) is 12.3 Å². The number of H-pyrrole nitrogens is 1. The first-order chi connectivity index (χ1) is 10.0. The minimum Gasteiger partial charge on any atom is -0.270 e. The zero-order valence-corrected chi connectivity index (χ0v) is 12.8. The topological polar surface area (TPSA) is 93.8 Å². The molecule has 1 N–H and O–H groups in total. The van der Waals surface area contributed by atoms with Crippen LogP contribution in [0.1, 0.15) is 18.9 Å². The van der Waals surface area contributed by atoms with Gasteiger partial charge in [-0.3, -0.25) is 14.7 Å². The van der Waals surface area contributed by atoms with Gasteiger partial charge in [0, 0.05) is 18.4 Å². The molecule has 2 rings (SSSR count). The molecule has 7 nitrogen and oxygen atoms in total. The maximum atomic E-state index is 11.6. The Hall–Kier alpha value is -1.80. The Balaban J connectivity index is 2.15. The summed E-state index contributed by atoms with van der Waals surface area (Å²) < 4.78 is 1.55. The highest BCUT2D eigenvalue weighted by atomic mass is 35.5. The highest BCUT2D eigenvalue weighted by Gasteiger charge is 2.14. The standard InChI is InChI=1S/C12H13ClN4O3S/c1-2-5-16-11(18)14-15-12(16)21-7-8-3-4-9(13)10(6-8)17(19)20/h3-4,6H,2,5,7H2,1H3,(H,14,18). The number of nitrogens with zero attached hydrogens (tertiary/aromatic N) is 3. The molecule has 2 aromatic rings. The Morgan fingerprint density at radius 2 is 2.29 bits per heavy atom. The van der Waals surface area contributed by atoms with E-state index in [1.54, 1.807) is 10.6 Å². The zero-order chi connectivity index (χ0) is 15.4. The lowest BCUT2D eigenvalue weighted by Gasteiger charge is -2.04. The van der Waals surface area contributed by atoms with E-state index < -0.39 is 4.92 Å². The third-order valence-corrected chi connectivity index (χ3v) is 4.11. The molecule has 0 atom stereocenters. The second kappa shape index (κ2) is 6.77. The lowest BCUT2D eigenvalue weighted by atomic mass is 10.2. The quantitative estimate of drug-likeness (QED) is 0.500. The summed E-state index contributed by atoms with van der Waals surface area (Å²) in [6.07, 6.45) is 0.819. The van der Waals surface area contributed by atoms with Gasteiger partial charge in [0.15, 0.2) is 5.16 Å². The fraction of sp³-hybridized carbons (Fsp3) is 0.333. The van der Waals surface area contributed by atoms with E-state index in [4.69, 9.17) is 11.6 Å². The number of hydrogen-bond donors (Lipinski definition) is 1. The Morgan fingerprint density at radius 1 is 1.52 bits per heavy atom. The van der Waals surface area contributed by atoms with Crippen LogP contribution in [-0.4, -0.2) is 19.7 Å². The first kappa shape index (κ1) is 15.6. The van der Waals surface area contributed by atoms with E-state index >= 15 is 0 Å². The number of rotatable bonds is 6. The van der Waals surface area contributed by atoms with Crippen LogP contribution in [0, 0.1) is 10.1 Å². The van der Waals surface area contributed by atoms with Crippen molar-refractivity contribution in [2.75, 3.05) is 0 Å². The number of nitro groups is 1. The fourth-order valence-electron chi connectivity index (χ4n) is 1.77. The molecule has 0 aliphatic heterocycles. The summed E-state index contributed by atoms with van der Waals surface area (Å²) in [5.74, 6) is 0.464. The summed E-state index contributed by atoms with van der Waals surface area (Å²) in [5, 5.41) is 17.9.